The predicted octanol–water partition coefficient (Wildman–Crippen LogP) is 4.76. The Morgan fingerprint density at radius 1 is 1.20 bits per heavy atom. The lowest BCUT2D eigenvalue weighted by molar-refractivity contribution is 0.0555. The molecule has 0 saturated heterocycles. The van der Waals surface area contributed by atoms with Gasteiger partial charge in [0.2, 0.25) is 0 Å². The average molecular weight is 338 g/mol. The van der Waals surface area contributed by atoms with Crippen molar-refractivity contribution in [3.63, 3.8) is 0 Å². The van der Waals surface area contributed by atoms with Crippen molar-refractivity contribution in [2.75, 3.05) is 0 Å². The van der Waals surface area contributed by atoms with Crippen LogP contribution in [-0.4, -0.2) is 22.9 Å². The zero-order valence-electron chi connectivity index (χ0n) is 12.4. The number of nitrogens with zero attached hydrogens (tertiary/aromatic N) is 1. The van der Waals surface area contributed by atoms with E-state index >= 15 is 0 Å². The molecule has 0 aromatic heterocycles. The summed E-state index contributed by atoms with van der Waals surface area (Å²) in [5, 5.41) is 0.831. The van der Waals surface area contributed by atoms with Crippen LogP contribution in [0.1, 0.15) is 61.9 Å². The summed E-state index contributed by atoms with van der Waals surface area (Å²) in [5.41, 5.74) is 2.02. The molecule has 0 heterocycles. The maximum Gasteiger partial charge on any atom is 0.254 e. The minimum atomic E-state index is 0.188. The van der Waals surface area contributed by atoms with Gasteiger partial charge in [-0.15, -0.1) is 0 Å². The van der Waals surface area contributed by atoms with Crippen molar-refractivity contribution < 1.29 is 4.79 Å². The number of halogens is 1. The summed E-state index contributed by atoms with van der Waals surface area (Å²) in [7, 11) is 0. The van der Waals surface area contributed by atoms with E-state index in [2.05, 4.69) is 34.7 Å². The number of benzene rings is 1. The first-order chi connectivity index (χ1) is 9.63. The van der Waals surface area contributed by atoms with E-state index in [1.165, 1.54) is 24.8 Å². The molecule has 0 spiro atoms. The van der Waals surface area contributed by atoms with Crippen LogP contribution in [0.5, 0.6) is 0 Å². The van der Waals surface area contributed by atoms with Gasteiger partial charge in [-0.05, 0) is 44.4 Å². The second-order valence-corrected chi connectivity index (χ2v) is 6.49. The quantitative estimate of drug-likeness (QED) is 0.725. The van der Waals surface area contributed by atoms with E-state index < -0.39 is 0 Å². The number of rotatable bonds is 4. The number of amides is 1. The van der Waals surface area contributed by atoms with Gasteiger partial charge in [0.1, 0.15) is 0 Å². The summed E-state index contributed by atoms with van der Waals surface area (Å²) in [5.74, 6) is 0.188. The molecule has 1 aromatic carbocycles. The molecular formula is C17H24BrNO. The molecule has 0 atom stereocenters. The molecule has 2 rings (SSSR count). The van der Waals surface area contributed by atoms with E-state index in [1.54, 1.807) is 0 Å². The van der Waals surface area contributed by atoms with Gasteiger partial charge in [0.05, 0.1) is 0 Å². The minimum absolute atomic E-state index is 0.188. The molecule has 1 fully saturated rings. The first-order valence-electron chi connectivity index (χ1n) is 7.61. The molecule has 3 heteroatoms. The van der Waals surface area contributed by atoms with Crippen LogP contribution in [0.25, 0.3) is 0 Å². The second kappa shape index (κ2) is 7.26. The van der Waals surface area contributed by atoms with Gasteiger partial charge in [-0.1, -0.05) is 47.3 Å². The van der Waals surface area contributed by atoms with Crippen molar-refractivity contribution in [3.05, 3.63) is 35.4 Å². The second-order valence-electron chi connectivity index (χ2n) is 5.93. The zero-order chi connectivity index (χ0) is 14.5. The summed E-state index contributed by atoms with van der Waals surface area (Å²) in [6.07, 6.45) is 6.14. The topological polar surface area (TPSA) is 20.3 Å². The van der Waals surface area contributed by atoms with E-state index in [-0.39, 0.29) is 11.9 Å². The van der Waals surface area contributed by atoms with Crippen LogP contribution in [-0.2, 0) is 5.33 Å². The largest absolute Gasteiger partial charge is 0.333 e. The maximum atomic E-state index is 12.8. The van der Waals surface area contributed by atoms with Crippen molar-refractivity contribution in [2.24, 2.45) is 0 Å². The van der Waals surface area contributed by atoms with E-state index in [9.17, 15) is 4.79 Å². The molecule has 1 saturated carbocycles. The van der Waals surface area contributed by atoms with Crippen molar-refractivity contribution in [1.82, 2.24) is 4.90 Å². The lowest BCUT2D eigenvalue weighted by Gasteiger charge is -2.37. The summed E-state index contributed by atoms with van der Waals surface area (Å²) >= 11 is 3.44. The highest BCUT2D eigenvalue weighted by Crippen LogP contribution is 2.26. The molecule has 0 aliphatic heterocycles. The molecule has 0 bridgehead atoms. The summed E-state index contributed by atoms with van der Waals surface area (Å²) in [6, 6.07) is 8.66. The number of carbonyl (C=O) groups excluding carboxylic acids is 1. The molecule has 0 radical (unpaired) electrons. The molecule has 2 nitrogen and oxygen atoms in total. The molecular weight excluding hydrogens is 314 g/mol. The van der Waals surface area contributed by atoms with Crippen LogP contribution in [0.4, 0.5) is 0 Å². The van der Waals surface area contributed by atoms with Gasteiger partial charge in [-0.2, -0.15) is 0 Å². The first-order valence-corrected chi connectivity index (χ1v) is 8.73. The van der Waals surface area contributed by atoms with Crippen LogP contribution in [0.15, 0.2) is 24.3 Å². The molecule has 110 valence electrons. The van der Waals surface area contributed by atoms with Gasteiger partial charge >= 0.3 is 0 Å². The Bertz CT molecular complexity index is 435. The third kappa shape index (κ3) is 3.63. The lowest BCUT2D eigenvalue weighted by Crippen LogP contribution is -2.45. The molecule has 1 aliphatic carbocycles. The summed E-state index contributed by atoms with van der Waals surface area (Å²) in [4.78, 5) is 14.9. The Labute approximate surface area is 130 Å². The predicted molar refractivity (Wildman–Crippen MR) is 87.3 cm³/mol. The van der Waals surface area contributed by atoms with Crippen molar-refractivity contribution in [3.8, 4) is 0 Å². The fourth-order valence-electron chi connectivity index (χ4n) is 3.07. The van der Waals surface area contributed by atoms with Gasteiger partial charge in [0.15, 0.2) is 0 Å². The smallest absolute Gasteiger partial charge is 0.254 e. The SMILES string of the molecule is CC(C)N(C(=O)c1ccc(CBr)cc1)C1CCCCC1. The van der Waals surface area contributed by atoms with Gasteiger partial charge in [0.25, 0.3) is 5.91 Å². The highest BCUT2D eigenvalue weighted by molar-refractivity contribution is 9.08. The highest BCUT2D eigenvalue weighted by atomic mass is 79.9. The Hall–Kier alpha value is -0.830. The zero-order valence-corrected chi connectivity index (χ0v) is 14.0. The first kappa shape index (κ1) is 15.6. The van der Waals surface area contributed by atoms with Gasteiger partial charge < -0.3 is 4.90 Å². The van der Waals surface area contributed by atoms with Crippen molar-refractivity contribution in [1.29, 1.82) is 0 Å². The monoisotopic (exact) mass is 337 g/mol. The average Bonchev–Trinajstić information content (AvgIpc) is 2.48. The van der Waals surface area contributed by atoms with Crippen LogP contribution in [0, 0.1) is 0 Å². The van der Waals surface area contributed by atoms with E-state index in [0.29, 0.717) is 6.04 Å². The van der Waals surface area contributed by atoms with Crippen LogP contribution < -0.4 is 0 Å². The van der Waals surface area contributed by atoms with E-state index in [1.807, 2.05) is 24.3 Å². The molecule has 0 N–H and O–H groups in total. The van der Waals surface area contributed by atoms with E-state index in [0.717, 1.165) is 23.7 Å². The minimum Gasteiger partial charge on any atom is -0.333 e. The lowest BCUT2D eigenvalue weighted by atomic mass is 9.92. The van der Waals surface area contributed by atoms with Crippen LogP contribution in [0.2, 0.25) is 0 Å². The van der Waals surface area contributed by atoms with Crippen molar-refractivity contribution >= 4 is 21.8 Å². The van der Waals surface area contributed by atoms with E-state index in [4.69, 9.17) is 0 Å². The standard InChI is InChI=1S/C17H24BrNO/c1-13(2)19(16-6-4-3-5-7-16)17(20)15-10-8-14(12-18)9-11-15/h8-11,13,16H,3-7,12H2,1-2H3. The Morgan fingerprint density at radius 3 is 2.30 bits per heavy atom. The summed E-state index contributed by atoms with van der Waals surface area (Å²) < 4.78 is 0. The molecule has 20 heavy (non-hydrogen) atoms. The fraction of sp³-hybridized carbons (Fsp3) is 0.588. The van der Waals surface area contributed by atoms with Gasteiger partial charge in [-0.25, -0.2) is 0 Å². The van der Waals surface area contributed by atoms with Gasteiger partial charge in [0, 0.05) is 23.0 Å². The third-order valence-electron chi connectivity index (χ3n) is 4.11. The number of hydrogen-bond acceptors (Lipinski definition) is 1. The number of alkyl halides is 1. The fourth-order valence-corrected chi connectivity index (χ4v) is 3.44. The van der Waals surface area contributed by atoms with Crippen LogP contribution >= 0.6 is 15.9 Å². The van der Waals surface area contributed by atoms with Gasteiger partial charge in [-0.3, -0.25) is 4.79 Å². The Kier molecular flexibility index (Phi) is 5.64. The summed E-state index contributed by atoms with van der Waals surface area (Å²) in [6.45, 7) is 4.25. The number of carbonyl (C=O) groups is 1. The maximum absolute atomic E-state index is 12.8. The third-order valence-corrected chi connectivity index (χ3v) is 4.76. The Morgan fingerprint density at radius 2 is 1.80 bits per heavy atom. The number of hydrogen-bond donors (Lipinski definition) is 0. The molecule has 1 amide bonds. The van der Waals surface area contributed by atoms with Crippen LogP contribution in [0.3, 0.4) is 0 Å². The van der Waals surface area contributed by atoms with Crippen molar-refractivity contribution in [2.45, 2.75) is 63.4 Å². The molecule has 1 aromatic rings. The molecule has 1 aliphatic rings. The highest BCUT2D eigenvalue weighted by Gasteiger charge is 2.28. The molecule has 0 unspecified atom stereocenters. The normalized spacial score (nSPS) is 16.4. The Balaban J connectivity index is 2.16.